The molecule has 0 spiro atoms. The van der Waals surface area contributed by atoms with Gasteiger partial charge in [-0.05, 0) is 62.0 Å². The van der Waals surface area contributed by atoms with Gasteiger partial charge in [-0.15, -0.1) is 0 Å². The van der Waals surface area contributed by atoms with Crippen molar-refractivity contribution in [2.45, 2.75) is 12.5 Å². The highest BCUT2D eigenvalue weighted by Crippen LogP contribution is 2.44. The minimum absolute atomic E-state index is 0.176. The van der Waals surface area contributed by atoms with Crippen LogP contribution in [0.25, 0.3) is 6.08 Å². The highest BCUT2D eigenvalue weighted by Gasteiger charge is 2.37. The molecule has 31 heavy (non-hydrogen) atoms. The summed E-state index contributed by atoms with van der Waals surface area (Å²) < 4.78 is 6.11. The first-order chi connectivity index (χ1) is 15.2. The van der Waals surface area contributed by atoms with Gasteiger partial charge >= 0.3 is 0 Å². The number of ether oxygens (including phenoxy) is 1. The number of rotatable bonds is 4. The normalized spacial score (nSPS) is 20.5. The van der Waals surface area contributed by atoms with Crippen LogP contribution in [0.4, 0.5) is 0 Å². The van der Waals surface area contributed by atoms with E-state index in [4.69, 9.17) is 10.5 Å². The number of nitriles is 1. The van der Waals surface area contributed by atoms with E-state index in [0.29, 0.717) is 5.57 Å². The van der Waals surface area contributed by atoms with Crippen molar-refractivity contribution in [3.63, 3.8) is 0 Å². The molecule has 2 aliphatic rings. The Labute approximate surface area is 189 Å². The van der Waals surface area contributed by atoms with Gasteiger partial charge in [0.05, 0.1) is 5.92 Å². The molecule has 0 fully saturated rings. The Bertz CT molecular complexity index is 1200. The van der Waals surface area contributed by atoms with Crippen LogP contribution in [0.2, 0.25) is 0 Å². The Kier molecular flexibility index (Phi) is 5.47. The summed E-state index contributed by atoms with van der Waals surface area (Å²) in [6, 6.07) is 17.0. The van der Waals surface area contributed by atoms with Crippen LogP contribution < -0.4 is 5.73 Å². The maximum Gasteiger partial charge on any atom is 0.205 e. The van der Waals surface area contributed by atoms with Gasteiger partial charge in [0.2, 0.25) is 5.88 Å². The molecule has 1 atom stereocenters. The van der Waals surface area contributed by atoms with Crippen LogP contribution in [-0.4, -0.2) is 18.0 Å². The van der Waals surface area contributed by atoms with Crippen LogP contribution >= 0.6 is 22.7 Å². The predicted octanol–water partition coefficient (Wildman–Crippen LogP) is 5.47. The van der Waals surface area contributed by atoms with Gasteiger partial charge < -0.3 is 10.5 Å². The van der Waals surface area contributed by atoms with Crippen LogP contribution in [0, 0.1) is 11.3 Å². The number of nitrogens with zero attached hydrogens (tertiary/aromatic N) is 2. The maximum absolute atomic E-state index is 9.88. The van der Waals surface area contributed by atoms with Gasteiger partial charge in [-0.2, -0.15) is 27.9 Å². The molecule has 0 radical (unpaired) electrons. The number of nitrogens with two attached hydrogens (primary N) is 1. The lowest BCUT2D eigenvalue weighted by molar-refractivity contribution is 0.230. The van der Waals surface area contributed by atoms with Gasteiger partial charge in [0, 0.05) is 25.2 Å². The molecule has 1 aromatic carbocycles. The summed E-state index contributed by atoms with van der Waals surface area (Å²) in [5, 5.41) is 18.2. The summed E-state index contributed by atoms with van der Waals surface area (Å²) in [5.41, 5.74) is 12.5. The summed E-state index contributed by atoms with van der Waals surface area (Å²) in [6.07, 6.45) is 2.18. The molecule has 0 unspecified atom stereocenters. The highest BCUT2D eigenvalue weighted by molar-refractivity contribution is 7.08. The van der Waals surface area contributed by atoms with Crippen molar-refractivity contribution in [3.8, 4) is 6.07 Å². The number of thiophene rings is 2. The molecular weight excluding hydrogens is 422 g/mol. The maximum atomic E-state index is 9.88. The molecule has 0 bridgehead atoms. The summed E-state index contributed by atoms with van der Waals surface area (Å²) in [4.78, 5) is 2.41. The molecule has 3 aromatic rings. The molecule has 154 valence electrons. The third kappa shape index (κ3) is 3.96. The van der Waals surface area contributed by atoms with Gasteiger partial charge in [-0.25, -0.2) is 0 Å². The summed E-state index contributed by atoms with van der Waals surface area (Å²) >= 11 is 3.30. The van der Waals surface area contributed by atoms with E-state index in [-0.39, 0.29) is 11.8 Å². The molecule has 0 saturated heterocycles. The largest absolute Gasteiger partial charge is 0.440 e. The second kappa shape index (κ2) is 8.56. The predicted molar refractivity (Wildman–Crippen MR) is 126 cm³/mol. The van der Waals surface area contributed by atoms with E-state index in [1.54, 1.807) is 22.7 Å². The lowest BCUT2D eigenvalue weighted by Gasteiger charge is -2.38. The van der Waals surface area contributed by atoms with Gasteiger partial charge in [0.25, 0.3) is 0 Å². The minimum Gasteiger partial charge on any atom is -0.440 e. The molecule has 0 amide bonds. The van der Waals surface area contributed by atoms with E-state index in [0.717, 1.165) is 47.7 Å². The Hall–Kier alpha value is -3.11. The lowest BCUT2D eigenvalue weighted by atomic mass is 9.81. The number of allylic oxidation sites excluding steroid dienone is 1. The second-order valence-electron chi connectivity index (χ2n) is 7.69. The third-order valence-corrected chi connectivity index (χ3v) is 7.02. The van der Waals surface area contributed by atoms with Gasteiger partial charge in [0.15, 0.2) is 0 Å². The minimum atomic E-state index is -0.176. The third-order valence-electron chi connectivity index (χ3n) is 5.62. The summed E-state index contributed by atoms with van der Waals surface area (Å²) in [6.45, 7) is 2.31. The van der Waals surface area contributed by atoms with Crippen LogP contribution in [0.15, 0.2) is 92.3 Å². The summed E-state index contributed by atoms with van der Waals surface area (Å²) in [5.74, 6) is 0.859. The molecule has 4 heterocycles. The zero-order chi connectivity index (χ0) is 21.2. The zero-order valence-corrected chi connectivity index (χ0v) is 18.5. The average molecular weight is 444 g/mol. The fraction of sp³-hybridized carbons (Fsp3) is 0.160. The smallest absolute Gasteiger partial charge is 0.205 e. The van der Waals surface area contributed by atoms with Gasteiger partial charge in [0.1, 0.15) is 17.4 Å². The van der Waals surface area contributed by atoms with E-state index in [2.05, 4.69) is 69.6 Å². The first kappa shape index (κ1) is 19.8. The van der Waals surface area contributed by atoms with Crippen LogP contribution in [-0.2, 0) is 11.3 Å². The Morgan fingerprint density at radius 2 is 1.90 bits per heavy atom. The van der Waals surface area contributed by atoms with E-state index in [1.807, 2.05) is 11.4 Å². The molecule has 4 nitrogen and oxygen atoms in total. The second-order valence-corrected chi connectivity index (χ2v) is 9.25. The summed E-state index contributed by atoms with van der Waals surface area (Å²) in [7, 11) is 0. The molecule has 2 aliphatic heterocycles. The van der Waals surface area contributed by atoms with Crippen molar-refractivity contribution in [2.75, 3.05) is 13.1 Å². The Morgan fingerprint density at radius 1 is 1.10 bits per heavy atom. The molecule has 5 rings (SSSR count). The number of hydrogen-bond acceptors (Lipinski definition) is 6. The van der Waals surface area contributed by atoms with Crippen molar-refractivity contribution in [1.82, 2.24) is 4.90 Å². The van der Waals surface area contributed by atoms with Crippen molar-refractivity contribution in [1.29, 1.82) is 5.26 Å². The highest BCUT2D eigenvalue weighted by atomic mass is 32.1. The molecule has 6 heteroatoms. The topological polar surface area (TPSA) is 62.3 Å². The zero-order valence-electron chi connectivity index (χ0n) is 16.8. The molecule has 0 aliphatic carbocycles. The van der Waals surface area contributed by atoms with Gasteiger partial charge in [-0.1, -0.05) is 30.3 Å². The van der Waals surface area contributed by atoms with Crippen LogP contribution in [0.5, 0.6) is 0 Å². The lowest BCUT2D eigenvalue weighted by Crippen LogP contribution is -2.37. The number of benzene rings is 1. The molecule has 2 N–H and O–H groups in total. The fourth-order valence-electron chi connectivity index (χ4n) is 4.27. The Morgan fingerprint density at radius 3 is 2.61 bits per heavy atom. The van der Waals surface area contributed by atoms with Crippen molar-refractivity contribution < 1.29 is 4.74 Å². The van der Waals surface area contributed by atoms with E-state index < -0.39 is 0 Å². The quantitative estimate of drug-likeness (QED) is 0.581. The van der Waals surface area contributed by atoms with Crippen molar-refractivity contribution in [2.24, 2.45) is 5.73 Å². The van der Waals surface area contributed by atoms with E-state index in [1.165, 1.54) is 5.56 Å². The van der Waals surface area contributed by atoms with Crippen molar-refractivity contribution >= 4 is 28.7 Å². The molecular formula is C25H21N3OS2. The monoisotopic (exact) mass is 443 g/mol. The number of hydrogen-bond donors (Lipinski definition) is 1. The first-order valence-corrected chi connectivity index (χ1v) is 11.9. The molecule has 0 saturated carbocycles. The first-order valence-electron chi connectivity index (χ1n) is 10.0. The SMILES string of the molecule is N#CC1=C(N)OC2=C(CN(Cc3ccccc3)C/C2=C\c2ccsc2)[C@@H]1c1ccsc1. The van der Waals surface area contributed by atoms with Gasteiger partial charge in [-0.3, -0.25) is 4.90 Å². The van der Waals surface area contributed by atoms with Crippen LogP contribution in [0.3, 0.4) is 0 Å². The molecule has 2 aromatic heterocycles. The van der Waals surface area contributed by atoms with E-state index in [9.17, 15) is 5.26 Å². The van der Waals surface area contributed by atoms with E-state index >= 15 is 0 Å². The Balaban J connectivity index is 1.60. The fourth-order valence-corrected chi connectivity index (χ4v) is 5.58. The van der Waals surface area contributed by atoms with Crippen molar-refractivity contribution in [3.05, 3.63) is 109 Å². The van der Waals surface area contributed by atoms with Crippen LogP contribution in [0.1, 0.15) is 22.6 Å². The average Bonchev–Trinajstić information content (AvgIpc) is 3.48. The standard InChI is InChI=1S/C25H21N3OS2/c26-11-21-23(19-7-9-31-16-19)22-14-28(12-17-4-2-1-3-5-17)13-20(24(22)29-25(21)27)10-18-6-8-30-15-18/h1-10,15-16,23H,12-14,27H2/b20-10+/t23-/m1/s1.